The molecule has 0 aliphatic rings. The van der Waals surface area contributed by atoms with E-state index >= 15 is 0 Å². The van der Waals surface area contributed by atoms with Crippen molar-refractivity contribution in [3.63, 3.8) is 0 Å². The fourth-order valence-electron chi connectivity index (χ4n) is 1.51. The topological polar surface area (TPSA) is 38.3 Å². The summed E-state index contributed by atoms with van der Waals surface area (Å²) in [6.07, 6.45) is 7.40. The number of carbonyl (C=O) groups excluding carboxylic acids is 1. The lowest BCUT2D eigenvalue weighted by Gasteiger charge is -2.14. The number of ether oxygens (including phenoxy) is 1. The van der Waals surface area contributed by atoms with Gasteiger partial charge in [-0.15, -0.1) is 24.0 Å². The first-order chi connectivity index (χ1) is 8.07. The molecular weight excluding hydrogens is 341 g/mol. The largest absolute Gasteiger partial charge is 0.444 e. The Balaban J connectivity index is 0. The first-order valence-electron chi connectivity index (χ1n) is 6.67. The van der Waals surface area contributed by atoms with Crippen LogP contribution >= 0.6 is 24.0 Å². The highest BCUT2D eigenvalue weighted by atomic mass is 127. The lowest BCUT2D eigenvalue weighted by atomic mass is 10.1. The van der Waals surface area contributed by atoms with Crippen LogP contribution in [0.15, 0.2) is 12.2 Å². The van der Waals surface area contributed by atoms with Crippen LogP contribution in [0.2, 0.25) is 0 Å². The third kappa shape index (κ3) is 12.4. The Morgan fingerprint density at radius 3 is 2.33 bits per heavy atom. The van der Waals surface area contributed by atoms with Gasteiger partial charge in [-0.25, -0.2) is 4.79 Å². The Kier molecular flexibility index (Phi) is 15.0. The summed E-state index contributed by atoms with van der Waals surface area (Å²) in [4.78, 5) is 11.2. The van der Waals surface area contributed by atoms with Crippen LogP contribution in [0.25, 0.3) is 0 Å². The normalized spacial score (nSPS) is 11.5. The molecule has 0 heterocycles. The minimum absolute atomic E-state index is 0. The Bertz CT molecular complexity index is 232. The monoisotopic (exact) mass is 369 g/mol. The van der Waals surface area contributed by atoms with E-state index in [0.717, 1.165) is 13.0 Å². The molecule has 0 aliphatic carbocycles. The average molecular weight is 369 g/mol. The second-order valence-electron chi connectivity index (χ2n) is 4.55. The van der Waals surface area contributed by atoms with Gasteiger partial charge in [-0.3, -0.25) is 5.32 Å². The quantitative estimate of drug-likeness (QED) is 0.208. The number of hydrogen-bond donors (Lipinski definition) is 1. The van der Waals surface area contributed by atoms with Gasteiger partial charge in [-0.2, -0.15) is 0 Å². The standard InChI is InChI=1S/C14H27NO2.HI/c1-5-6-7-8-9-10-11-15-13(4)17-14(16)12(2)3;/h13,15H,2,5-11H2,1,3-4H3;1H. The van der Waals surface area contributed by atoms with E-state index in [1.165, 1.54) is 32.1 Å². The summed E-state index contributed by atoms with van der Waals surface area (Å²) in [6.45, 7) is 10.2. The van der Waals surface area contributed by atoms with Gasteiger partial charge in [-0.1, -0.05) is 45.6 Å². The van der Waals surface area contributed by atoms with Gasteiger partial charge in [0.25, 0.3) is 0 Å². The number of carbonyl (C=O) groups is 1. The second kappa shape index (κ2) is 13.3. The lowest BCUT2D eigenvalue weighted by Crippen LogP contribution is -2.31. The first kappa shape index (κ1) is 20.2. The van der Waals surface area contributed by atoms with E-state index in [4.69, 9.17) is 4.74 Å². The summed E-state index contributed by atoms with van der Waals surface area (Å²) < 4.78 is 5.11. The van der Waals surface area contributed by atoms with Gasteiger partial charge >= 0.3 is 5.97 Å². The third-order valence-corrected chi connectivity index (χ3v) is 2.59. The van der Waals surface area contributed by atoms with E-state index in [2.05, 4.69) is 18.8 Å². The molecular formula is C14H28INO2. The summed E-state index contributed by atoms with van der Waals surface area (Å²) >= 11 is 0. The van der Waals surface area contributed by atoms with Gasteiger partial charge in [0.05, 0.1) is 0 Å². The first-order valence-corrected chi connectivity index (χ1v) is 6.67. The molecule has 1 N–H and O–H groups in total. The van der Waals surface area contributed by atoms with Gasteiger partial charge in [0.1, 0.15) is 0 Å². The molecule has 0 spiro atoms. The van der Waals surface area contributed by atoms with E-state index in [0.29, 0.717) is 5.57 Å². The van der Waals surface area contributed by atoms with Gasteiger partial charge in [-0.05, 0) is 26.8 Å². The Hall–Kier alpha value is -0.100. The average Bonchev–Trinajstić information content (AvgIpc) is 2.27. The van der Waals surface area contributed by atoms with Crippen LogP contribution in [-0.4, -0.2) is 18.7 Å². The van der Waals surface area contributed by atoms with E-state index in [1.54, 1.807) is 6.92 Å². The van der Waals surface area contributed by atoms with E-state index in [1.807, 2.05) is 6.92 Å². The molecule has 0 aliphatic heterocycles. The molecule has 3 nitrogen and oxygen atoms in total. The van der Waals surface area contributed by atoms with Crippen molar-refractivity contribution in [3.05, 3.63) is 12.2 Å². The Morgan fingerprint density at radius 1 is 1.22 bits per heavy atom. The molecule has 0 saturated carbocycles. The van der Waals surface area contributed by atoms with Crippen LogP contribution in [0.4, 0.5) is 0 Å². The highest BCUT2D eigenvalue weighted by molar-refractivity contribution is 14.0. The van der Waals surface area contributed by atoms with Gasteiger partial charge < -0.3 is 4.74 Å². The number of unbranched alkanes of at least 4 members (excludes halogenated alkanes) is 5. The van der Waals surface area contributed by atoms with Crippen molar-refractivity contribution in [1.29, 1.82) is 0 Å². The molecule has 108 valence electrons. The maximum absolute atomic E-state index is 11.2. The summed E-state index contributed by atoms with van der Waals surface area (Å²) in [7, 11) is 0. The van der Waals surface area contributed by atoms with Crippen LogP contribution in [-0.2, 0) is 9.53 Å². The van der Waals surface area contributed by atoms with Crippen molar-refractivity contribution < 1.29 is 9.53 Å². The van der Waals surface area contributed by atoms with Crippen molar-refractivity contribution >= 4 is 29.9 Å². The Labute approximate surface area is 129 Å². The Morgan fingerprint density at radius 2 is 1.78 bits per heavy atom. The van der Waals surface area contributed by atoms with Crippen molar-refractivity contribution in [2.45, 2.75) is 65.5 Å². The van der Waals surface area contributed by atoms with Crippen molar-refractivity contribution in [3.8, 4) is 0 Å². The van der Waals surface area contributed by atoms with Crippen molar-refractivity contribution in [1.82, 2.24) is 5.32 Å². The third-order valence-electron chi connectivity index (χ3n) is 2.59. The van der Waals surface area contributed by atoms with E-state index < -0.39 is 0 Å². The smallest absolute Gasteiger partial charge is 0.334 e. The molecule has 0 amide bonds. The fourth-order valence-corrected chi connectivity index (χ4v) is 1.51. The highest BCUT2D eigenvalue weighted by Crippen LogP contribution is 2.04. The van der Waals surface area contributed by atoms with E-state index in [-0.39, 0.29) is 36.2 Å². The minimum atomic E-state index is -0.326. The van der Waals surface area contributed by atoms with Crippen LogP contribution in [0, 0.1) is 0 Å². The summed E-state index contributed by atoms with van der Waals surface area (Å²) in [5.41, 5.74) is 0.443. The molecule has 0 bridgehead atoms. The molecule has 18 heavy (non-hydrogen) atoms. The second-order valence-corrected chi connectivity index (χ2v) is 4.55. The zero-order valence-electron chi connectivity index (χ0n) is 12.0. The number of rotatable bonds is 10. The van der Waals surface area contributed by atoms with Crippen molar-refractivity contribution in [2.24, 2.45) is 0 Å². The molecule has 0 saturated heterocycles. The van der Waals surface area contributed by atoms with Crippen LogP contribution in [0.3, 0.4) is 0 Å². The van der Waals surface area contributed by atoms with Crippen molar-refractivity contribution in [2.75, 3.05) is 6.54 Å². The van der Waals surface area contributed by atoms with Crippen LogP contribution in [0.5, 0.6) is 0 Å². The molecule has 1 atom stereocenters. The summed E-state index contributed by atoms with van der Waals surface area (Å²) in [6, 6.07) is 0. The van der Waals surface area contributed by atoms with Crippen LogP contribution < -0.4 is 5.32 Å². The van der Waals surface area contributed by atoms with Crippen LogP contribution in [0.1, 0.15) is 59.3 Å². The SMILES string of the molecule is C=C(C)C(=O)OC(C)NCCCCCCCC.I. The number of nitrogens with one attached hydrogen (secondary N) is 1. The zero-order chi connectivity index (χ0) is 13.1. The molecule has 0 aromatic heterocycles. The lowest BCUT2D eigenvalue weighted by molar-refractivity contribution is -0.144. The molecule has 0 fully saturated rings. The van der Waals surface area contributed by atoms with Gasteiger partial charge in [0.15, 0.2) is 6.23 Å². The predicted octanol–water partition coefficient (Wildman–Crippen LogP) is 4.02. The molecule has 0 aromatic carbocycles. The van der Waals surface area contributed by atoms with E-state index in [9.17, 15) is 4.79 Å². The number of hydrogen-bond acceptors (Lipinski definition) is 3. The number of halogens is 1. The predicted molar refractivity (Wildman–Crippen MR) is 87.2 cm³/mol. The van der Waals surface area contributed by atoms with Gasteiger partial charge in [0, 0.05) is 5.57 Å². The minimum Gasteiger partial charge on any atom is -0.444 e. The molecule has 1 unspecified atom stereocenters. The number of esters is 1. The maximum atomic E-state index is 11.2. The fraction of sp³-hybridized carbons (Fsp3) is 0.786. The maximum Gasteiger partial charge on any atom is 0.334 e. The van der Waals surface area contributed by atoms with Gasteiger partial charge in [0.2, 0.25) is 0 Å². The molecule has 4 heteroatoms. The molecule has 0 aromatic rings. The summed E-state index contributed by atoms with van der Waals surface area (Å²) in [5, 5.41) is 3.18. The zero-order valence-corrected chi connectivity index (χ0v) is 14.3. The summed E-state index contributed by atoms with van der Waals surface area (Å²) in [5.74, 6) is -0.326. The highest BCUT2D eigenvalue weighted by Gasteiger charge is 2.08. The molecule has 0 rings (SSSR count). The molecule has 0 radical (unpaired) electrons.